The van der Waals surface area contributed by atoms with Gasteiger partial charge in [0.05, 0.1) is 30.3 Å². The lowest BCUT2D eigenvalue weighted by molar-refractivity contribution is 0.249. The Morgan fingerprint density at radius 2 is 1.77 bits per heavy atom. The highest BCUT2D eigenvalue weighted by Crippen LogP contribution is 2.40. The molecule has 0 spiro atoms. The van der Waals surface area contributed by atoms with Gasteiger partial charge >= 0.3 is 0 Å². The Balaban J connectivity index is 1.29. The number of pyridine rings is 1. The van der Waals surface area contributed by atoms with Gasteiger partial charge in [0.25, 0.3) is 0 Å². The summed E-state index contributed by atoms with van der Waals surface area (Å²) in [6, 6.07) is 3.74. The standard InChI is InChI=1S/C29H36F2N8O/c1-17(2)39-9-10-40-27-22(30)11-18(12-24(27)39)26-23(31)15-34-29(35-26)36-28-21-14-32-13-20(21)25(16-33-28)38-7-5-19(6-8-38)37(3)4/h11-12,15-17,19,32H,5-10,13-14H2,1-4H3,(H,33,34,35,36). The molecule has 0 bridgehead atoms. The summed E-state index contributed by atoms with van der Waals surface area (Å²) in [5, 5.41) is 6.64. The smallest absolute Gasteiger partial charge is 0.229 e. The SMILES string of the molecule is CC(C)N1CCOc2c(F)cc(-c3nc(Nc4ncc(N5CCC(N(C)C)CC5)c5c4CNC5)ncc3F)cc21. The van der Waals surface area contributed by atoms with Crippen LogP contribution in [0.3, 0.4) is 0 Å². The molecule has 6 rings (SSSR count). The van der Waals surface area contributed by atoms with Gasteiger partial charge in [0, 0.05) is 49.4 Å². The molecule has 11 heteroatoms. The summed E-state index contributed by atoms with van der Waals surface area (Å²) in [6.45, 7) is 8.50. The third-order valence-electron chi connectivity index (χ3n) is 8.20. The second-order valence-electron chi connectivity index (χ2n) is 11.2. The van der Waals surface area contributed by atoms with E-state index in [9.17, 15) is 0 Å². The number of piperidine rings is 1. The van der Waals surface area contributed by atoms with Gasteiger partial charge < -0.3 is 30.1 Å². The van der Waals surface area contributed by atoms with E-state index in [0.717, 1.165) is 49.9 Å². The predicted octanol–water partition coefficient (Wildman–Crippen LogP) is 4.30. The van der Waals surface area contributed by atoms with E-state index in [-0.39, 0.29) is 23.4 Å². The number of anilines is 4. The van der Waals surface area contributed by atoms with Crippen LogP contribution in [-0.4, -0.2) is 72.3 Å². The average Bonchev–Trinajstić information content (AvgIpc) is 3.44. The molecular weight excluding hydrogens is 514 g/mol. The van der Waals surface area contributed by atoms with Crippen molar-refractivity contribution in [1.82, 2.24) is 25.2 Å². The Hall–Kier alpha value is -3.57. The summed E-state index contributed by atoms with van der Waals surface area (Å²) in [7, 11) is 4.29. The van der Waals surface area contributed by atoms with Crippen LogP contribution in [0, 0.1) is 11.6 Å². The van der Waals surface area contributed by atoms with Crippen LogP contribution in [0.25, 0.3) is 11.3 Å². The summed E-state index contributed by atoms with van der Waals surface area (Å²) in [6.07, 6.45) is 5.26. The second kappa shape index (κ2) is 10.8. The molecule has 1 saturated heterocycles. The molecule has 3 aliphatic heterocycles. The Morgan fingerprint density at radius 3 is 2.52 bits per heavy atom. The van der Waals surface area contributed by atoms with Gasteiger partial charge in [0.2, 0.25) is 5.95 Å². The monoisotopic (exact) mass is 550 g/mol. The first-order valence-electron chi connectivity index (χ1n) is 14.0. The van der Waals surface area contributed by atoms with Crippen molar-refractivity contribution in [2.24, 2.45) is 0 Å². The van der Waals surface area contributed by atoms with Crippen LogP contribution in [0.15, 0.2) is 24.5 Å². The number of nitrogens with zero attached hydrogens (tertiary/aromatic N) is 6. The van der Waals surface area contributed by atoms with E-state index in [0.29, 0.717) is 42.8 Å². The molecule has 3 aromatic rings. The molecule has 0 aliphatic carbocycles. The minimum absolute atomic E-state index is 0.0173. The van der Waals surface area contributed by atoms with Crippen molar-refractivity contribution < 1.29 is 13.5 Å². The second-order valence-corrected chi connectivity index (χ2v) is 11.2. The molecule has 0 atom stereocenters. The van der Waals surface area contributed by atoms with Crippen LogP contribution in [0.4, 0.5) is 31.9 Å². The molecule has 2 aromatic heterocycles. The maximum absolute atomic E-state index is 15.1. The van der Waals surface area contributed by atoms with Gasteiger partial charge in [-0.1, -0.05) is 0 Å². The normalized spacial score (nSPS) is 17.3. The maximum Gasteiger partial charge on any atom is 0.229 e. The zero-order valence-corrected chi connectivity index (χ0v) is 23.5. The molecular formula is C29H36F2N8O. The molecule has 0 amide bonds. The minimum Gasteiger partial charge on any atom is -0.486 e. The van der Waals surface area contributed by atoms with E-state index in [2.05, 4.69) is 49.4 Å². The molecule has 0 unspecified atom stereocenters. The Bertz CT molecular complexity index is 1410. The molecule has 3 aliphatic rings. The van der Waals surface area contributed by atoms with Crippen molar-refractivity contribution in [2.75, 3.05) is 55.5 Å². The number of rotatable bonds is 6. The van der Waals surface area contributed by atoms with E-state index in [1.54, 1.807) is 6.07 Å². The predicted molar refractivity (Wildman–Crippen MR) is 152 cm³/mol. The van der Waals surface area contributed by atoms with Crippen molar-refractivity contribution in [3.05, 3.63) is 47.3 Å². The number of hydrogen-bond acceptors (Lipinski definition) is 9. The molecule has 5 heterocycles. The number of nitrogens with one attached hydrogen (secondary N) is 2. The van der Waals surface area contributed by atoms with Gasteiger partial charge in [-0.2, -0.15) is 0 Å². The van der Waals surface area contributed by atoms with Gasteiger partial charge in [-0.15, -0.1) is 0 Å². The fourth-order valence-electron chi connectivity index (χ4n) is 5.99. The van der Waals surface area contributed by atoms with Crippen LogP contribution in [-0.2, 0) is 13.1 Å². The van der Waals surface area contributed by atoms with E-state index in [4.69, 9.17) is 9.72 Å². The molecule has 1 aromatic carbocycles. The zero-order valence-electron chi connectivity index (χ0n) is 23.5. The Labute approximate surface area is 233 Å². The van der Waals surface area contributed by atoms with Crippen LogP contribution in [0.2, 0.25) is 0 Å². The Kier molecular flexibility index (Phi) is 7.18. The van der Waals surface area contributed by atoms with Crippen molar-refractivity contribution in [2.45, 2.75) is 51.9 Å². The van der Waals surface area contributed by atoms with E-state index < -0.39 is 11.6 Å². The molecule has 9 nitrogen and oxygen atoms in total. The maximum atomic E-state index is 15.1. The summed E-state index contributed by atoms with van der Waals surface area (Å²) >= 11 is 0. The average molecular weight is 551 g/mol. The Morgan fingerprint density at radius 1 is 1.00 bits per heavy atom. The third kappa shape index (κ3) is 4.92. The highest BCUT2D eigenvalue weighted by Gasteiger charge is 2.28. The largest absolute Gasteiger partial charge is 0.486 e. The molecule has 2 N–H and O–H groups in total. The highest BCUT2D eigenvalue weighted by molar-refractivity contribution is 5.73. The van der Waals surface area contributed by atoms with Crippen molar-refractivity contribution in [1.29, 1.82) is 0 Å². The molecule has 212 valence electrons. The fourth-order valence-corrected chi connectivity index (χ4v) is 5.99. The van der Waals surface area contributed by atoms with Gasteiger partial charge in [-0.05, 0) is 58.5 Å². The summed E-state index contributed by atoms with van der Waals surface area (Å²) in [5.41, 5.74) is 4.37. The van der Waals surface area contributed by atoms with Crippen molar-refractivity contribution in [3.63, 3.8) is 0 Å². The fraction of sp³-hybridized carbons (Fsp3) is 0.483. The summed E-state index contributed by atoms with van der Waals surface area (Å²) < 4.78 is 35.7. The molecule has 1 fully saturated rings. The van der Waals surface area contributed by atoms with Gasteiger partial charge in [0.15, 0.2) is 17.4 Å². The van der Waals surface area contributed by atoms with E-state index >= 15 is 8.78 Å². The number of fused-ring (bicyclic) bond motifs is 2. The number of hydrogen-bond donors (Lipinski definition) is 2. The van der Waals surface area contributed by atoms with Crippen molar-refractivity contribution >= 4 is 23.1 Å². The molecule has 40 heavy (non-hydrogen) atoms. The minimum atomic E-state index is -0.631. The zero-order chi connectivity index (χ0) is 28.0. The number of benzene rings is 1. The van der Waals surface area contributed by atoms with Crippen LogP contribution >= 0.6 is 0 Å². The van der Waals surface area contributed by atoms with Crippen LogP contribution in [0.5, 0.6) is 5.75 Å². The molecule has 0 radical (unpaired) electrons. The van der Waals surface area contributed by atoms with Gasteiger partial charge in [-0.25, -0.2) is 23.7 Å². The highest BCUT2D eigenvalue weighted by atomic mass is 19.1. The molecule has 0 saturated carbocycles. The quantitative estimate of drug-likeness (QED) is 0.467. The summed E-state index contributed by atoms with van der Waals surface area (Å²) in [5.74, 6) is -0.141. The van der Waals surface area contributed by atoms with E-state index in [1.807, 2.05) is 20.0 Å². The lowest BCUT2D eigenvalue weighted by Gasteiger charge is -2.37. The lowest BCUT2D eigenvalue weighted by Crippen LogP contribution is -2.42. The van der Waals surface area contributed by atoms with E-state index in [1.165, 1.54) is 11.6 Å². The van der Waals surface area contributed by atoms with Gasteiger partial charge in [-0.3, -0.25) is 0 Å². The van der Waals surface area contributed by atoms with Gasteiger partial charge in [0.1, 0.15) is 18.1 Å². The number of halogens is 2. The van der Waals surface area contributed by atoms with Crippen LogP contribution in [0.1, 0.15) is 37.8 Å². The lowest BCUT2D eigenvalue weighted by atomic mass is 10.0. The first kappa shape index (κ1) is 26.6. The van der Waals surface area contributed by atoms with Crippen LogP contribution < -0.4 is 25.2 Å². The third-order valence-corrected chi connectivity index (χ3v) is 8.20. The number of ether oxygens (including phenoxy) is 1. The topological polar surface area (TPSA) is 81.7 Å². The number of aromatic nitrogens is 3. The first-order valence-corrected chi connectivity index (χ1v) is 14.0. The van der Waals surface area contributed by atoms with Crippen molar-refractivity contribution in [3.8, 4) is 17.0 Å². The summed E-state index contributed by atoms with van der Waals surface area (Å²) in [4.78, 5) is 20.2. The first-order chi connectivity index (χ1) is 19.3.